The molecule has 0 aliphatic carbocycles. The van der Waals surface area contributed by atoms with Crippen LogP contribution in [-0.4, -0.2) is 115 Å². The Morgan fingerprint density at radius 3 is 1.78 bits per heavy atom. The highest BCUT2D eigenvalue weighted by molar-refractivity contribution is 7.80. The SMILES string of the molecule is CNC(=O)COCCOCCNC(=O)COCCOCCNC(=O)CNC(=O)[C@@H](N)CS. The standard InChI is InChI=1S/C18H35N5O8S/c1-20-16(25)11-30-8-6-29-5-3-22-17(26)12-31-9-7-28-4-2-21-15(24)10-23-18(27)14(19)13-32/h14,32H,2-13,19H2,1H3,(H,20,25)(H,21,24)(H,22,26)(H,23,27)/t14-/m0/s1. The summed E-state index contributed by atoms with van der Waals surface area (Å²) < 4.78 is 20.8. The van der Waals surface area contributed by atoms with Gasteiger partial charge in [0.2, 0.25) is 23.6 Å². The van der Waals surface area contributed by atoms with Crippen LogP contribution < -0.4 is 27.0 Å². The fraction of sp³-hybridized carbons (Fsp3) is 0.778. The zero-order chi connectivity index (χ0) is 24.0. The summed E-state index contributed by atoms with van der Waals surface area (Å²) >= 11 is 3.90. The second-order valence-electron chi connectivity index (χ2n) is 6.21. The van der Waals surface area contributed by atoms with Crippen molar-refractivity contribution in [3.8, 4) is 0 Å². The van der Waals surface area contributed by atoms with Gasteiger partial charge < -0.3 is 45.9 Å². The Balaban J connectivity index is 3.39. The van der Waals surface area contributed by atoms with Crippen molar-refractivity contribution in [1.29, 1.82) is 0 Å². The van der Waals surface area contributed by atoms with Crippen LogP contribution >= 0.6 is 12.6 Å². The molecule has 0 unspecified atom stereocenters. The second kappa shape index (κ2) is 20.9. The Hall–Kier alpha value is -1.97. The molecule has 0 saturated carbocycles. The molecule has 0 aromatic heterocycles. The Morgan fingerprint density at radius 2 is 1.25 bits per heavy atom. The number of likely N-dealkylation sites (N-methyl/N-ethyl adjacent to an activating group) is 1. The zero-order valence-corrected chi connectivity index (χ0v) is 19.2. The third kappa shape index (κ3) is 18.8. The highest BCUT2D eigenvalue weighted by atomic mass is 32.1. The molecular formula is C18H35N5O8S. The van der Waals surface area contributed by atoms with Crippen molar-refractivity contribution in [3.05, 3.63) is 0 Å². The highest BCUT2D eigenvalue weighted by Gasteiger charge is 2.12. The van der Waals surface area contributed by atoms with Crippen LogP contribution in [0.5, 0.6) is 0 Å². The van der Waals surface area contributed by atoms with E-state index in [0.717, 1.165) is 0 Å². The lowest BCUT2D eigenvalue weighted by atomic mass is 10.3. The van der Waals surface area contributed by atoms with Crippen molar-refractivity contribution in [3.63, 3.8) is 0 Å². The largest absolute Gasteiger partial charge is 0.377 e. The van der Waals surface area contributed by atoms with E-state index in [1.54, 1.807) is 0 Å². The van der Waals surface area contributed by atoms with Gasteiger partial charge in [-0.25, -0.2) is 0 Å². The lowest BCUT2D eigenvalue weighted by Crippen LogP contribution is -2.46. The van der Waals surface area contributed by atoms with E-state index in [2.05, 4.69) is 33.9 Å². The monoisotopic (exact) mass is 481 g/mol. The molecule has 0 aromatic carbocycles. The van der Waals surface area contributed by atoms with Crippen LogP contribution in [0.3, 0.4) is 0 Å². The lowest BCUT2D eigenvalue weighted by Gasteiger charge is -2.10. The Bertz CT molecular complexity index is 555. The molecule has 0 rings (SSSR count). The summed E-state index contributed by atoms with van der Waals surface area (Å²) in [5.74, 6) is -1.09. The molecule has 0 heterocycles. The molecule has 0 aliphatic heterocycles. The molecule has 14 heteroatoms. The molecule has 0 spiro atoms. The zero-order valence-electron chi connectivity index (χ0n) is 18.4. The molecule has 0 bridgehead atoms. The van der Waals surface area contributed by atoms with Crippen LogP contribution in [0.2, 0.25) is 0 Å². The number of carbonyl (C=O) groups is 4. The Kier molecular flexibility index (Phi) is 19.6. The second-order valence-corrected chi connectivity index (χ2v) is 6.58. The van der Waals surface area contributed by atoms with Gasteiger partial charge >= 0.3 is 0 Å². The van der Waals surface area contributed by atoms with Gasteiger partial charge in [0.15, 0.2) is 0 Å². The van der Waals surface area contributed by atoms with E-state index in [0.29, 0.717) is 19.8 Å². The van der Waals surface area contributed by atoms with Gasteiger partial charge in [-0.15, -0.1) is 0 Å². The van der Waals surface area contributed by atoms with Gasteiger partial charge in [-0.3, -0.25) is 19.2 Å². The van der Waals surface area contributed by atoms with Crippen molar-refractivity contribution < 1.29 is 38.1 Å². The molecular weight excluding hydrogens is 446 g/mol. The van der Waals surface area contributed by atoms with Crippen LogP contribution in [0.1, 0.15) is 0 Å². The van der Waals surface area contributed by atoms with E-state index in [1.165, 1.54) is 7.05 Å². The number of hydrogen-bond donors (Lipinski definition) is 6. The number of nitrogens with two attached hydrogens (primary N) is 1. The summed E-state index contributed by atoms with van der Waals surface area (Å²) in [6, 6.07) is -0.753. The van der Waals surface area contributed by atoms with Crippen molar-refractivity contribution in [2.75, 3.05) is 85.3 Å². The molecule has 0 radical (unpaired) electrons. The first-order chi connectivity index (χ1) is 15.4. The maximum atomic E-state index is 11.6. The number of amides is 4. The fourth-order valence-electron chi connectivity index (χ4n) is 1.86. The molecule has 0 aliphatic rings. The van der Waals surface area contributed by atoms with E-state index < -0.39 is 11.9 Å². The van der Waals surface area contributed by atoms with Crippen LogP contribution in [-0.2, 0) is 38.1 Å². The highest BCUT2D eigenvalue weighted by Crippen LogP contribution is 1.83. The minimum Gasteiger partial charge on any atom is -0.377 e. The smallest absolute Gasteiger partial charge is 0.246 e. The predicted molar refractivity (Wildman–Crippen MR) is 118 cm³/mol. The van der Waals surface area contributed by atoms with Gasteiger partial charge in [0.1, 0.15) is 13.2 Å². The minimum atomic E-state index is -0.753. The molecule has 0 fully saturated rings. The molecule has 13 nitrogen and oxygen atoms in total. The van der Waals surface area contributed by atoms with Crippen molar-refractivity contribution in [2.24, 2.45) is 5.73 Å². The summed E-state index contributed by atoms with van der Waals surface area (Å²) in [5, 5.41) is 10.0. The van der Waals surface area contributed by atoms with Crippen LogP contribution in [0.25, 0.3) is 0 Å². The number of nitrogens with one attached hydrogen (secondary N) is 4. The van der Waals surface area contributed by atoms with Gasteiger partial charge in [-0.1, -0.05) is 0 Å². The number of thiol groups is 1. The number of ether oxygens (including phenoxy) is 4. The van der Waals surface area contributed by atoms with Gasteiger partial charge in [-0.05, 0) is 0 Å². The summed E-state index contributed by atoms with van der Waals surface area (Å²) in [7, 11) is 1.53. The van der Waals surface area contributed by atoms with Crippen molar-refractivity contribution in [2.45, 2.75) is 6.04 Å². The van der Waals surface area contributed by atoms with Gasteiger partial charge in [0, 0.05) is 25.9 Å². The van der Waals surface area contributed by atoms with Gasteiger partial charge in [-0.2, -0.15) is 12.6 Å². The lowest BCUT2D eigenvalue weighted by molar-refractivity contribution is -0.127. The Labute approximate surface area is 193 Å². The van der Waals surface area contributed by atoms with E-state index >= 15 is 0 Å². The summed E-state index contributed by atoms with van der Waals surface area (Å²) in [5.41, 5.74) is 5.47. The van der Waals surface area contributed by atoms with E-state index in [1.807, 2.05) is 0 Å². The van der Waals surface area contributed by atoms with E-state index in [9.17, 15) is 19.2 Å². The molecule has 0 aromatic rings. The number of hydrogen-bond acceptors (Lipinski definition) is 10. The quantitative estimate of drug-likeness (QED) is 0.0757. The molecule has 0 saturated heterocycles. The third-order valence-corrected chi connectivity index (χ3v) is 3.98. The average Bonchev–Trinajstić information content (AvgIpc) is 2.79. The summed E-state index contributed by atoms with van der Waals surface area (Å²) in [4.78, 5) is 45.4. The van der Waals surface area contributed by atoms with Crippen molar-refractivity contribution in [1.82, 2.24) is 21.3 Å². The van der Waals surface area contributed by atoms with Crippen LogP contribution in [0.15, 0.2) is 0 Å². The molecule has 186 valence electrons. The van der Waals surface area contributed by atoms with E-state index in [4.69, 9.17) is 24.7 Å². The first-order valence-electron chi connectivity index (χ1n) is 10.1. The predicted octanol–water partition coefficient (Wildman–Crippen LogP) is -3.60. The fourth-order valence-corrected chi connectivity index (χ4v) is 2.03. The topological polar surface area (TPSA) is 179 Å². The first-order valence-corrected chi connectivity index (χ1v) is 10.7. The molecule has 32 heavy (non-hydrogen) atoms. The van der Waals surface area contributed by atoms with Gasteiger partial charge in [0.05, 0.1) is 52.2 Å². The maximum Gasteiger partial charge on any atom is 0.246 e. The Morgan fingerprint density at radius 1 is 0.750 bits per heavy atom. The summed E-state index contributed by atoms with van der Waals surface area (Å²) in [6.45, 7) is 1.96. The number of carbonyl (C=O) groups excluding carboxylic acids is 4. The molecule has 1 atom stereocenters. The maximum absolute atomic E-state index is 11.6. The first kappa shape index (κ1) is 30.0. The van der Waals surface area contributed by atoms with Crippen molar-refractivity contribution >= 4 is 36.3 Å². The minimum absolute atomic E-state index is 0.0154. The molecule has 4 amide bonds. The summed E-state index contributed by atoms with van der Waals surface area (Å²) in [6.07, 6.45) is 0. The normalized spacial score (nSPS) is 11.5. The molecule has 6 N–H and O–H groups in total. The van der Waals surface area contributed by atoms with Gasteiger partial charge in [0.25, 0.3) is 0 Å². The third-order valence-electron chi connectivity index (χ3n) is 3.58. The van der Waals surface area contributed by atoms with Crippen LogP contribution in [0.4, 0.5) is 0 Å². The van der Waals surface area contributed by atoms with E-state index in [-0.39, 0.29) is 76.2 Å². The average molecular weight is 482 g/mol. The van der Waals surface area contributed by atoms with Crippen LogP contribution in [0, 0.1) is 0 Å². The number of rotatable bonds is 20.